The smallest absolute Gasteiger partial charge is 0.225 e. The van der Waals surface area contributed by atoms with Gasteiger partial charge in [0, 0.05) is 6.42 Å². The Labute approximate surface area is 81.5 Å². The van der Waals surface area contributed by atoms with Gasteiger partial charge < -0.3 is 5.32 Å². The minimum atomic E-state index is 0.0206. The monoisotopic (exact) mass is 196 g/mol. The van der Waals surface area contributed by atoms with Crippen molar-refractivity contribution in [2.75, 3.05) is 5.32 Å². The van der Waals surface area contributed by atoms with Gasteiger partial charge >= 0.3 is 0 Å². The lowest BCUT2D eigenvalue weighted by Crippen LogP contribution is -2.10. The molecule has 0 atom stereocenters. The van der Waals surface area contributed by atoms with E-state index in [4.69, 9.17) is 0 Å². The van der Waals surface area contributed by atoms with Gasteiger partial charge in [-0.1, -0.05) is 6.08 Å². The Morgan fingerprint density at radius 2 is 2.62 bits per heavy atom. The van der Waals surface area contributed by atoms with Gasteiger partial charge in [0.2, 0.25) is 5.91 Å². The number of allylic oxidation sites excluding steroid dienone is 1. The Hall–Kier alpha value is -1.16. The maximum Gasteiger partial charge on any atom is 0.225 e. The zero-order chi connectivity index (χ0) is 9.68. The number of carbonyl (C=O) groups is 1. The SMILES string of the molecule is C=CCCC(=O)Nc1scnc1C. The van der Waals surface area contributed by atoms with Gasteiger partial charge in [-0.3, -0.25) is 4.79 Å². The molecule has 1 aromatic heterocycles. The normalized spacial score (nSPS) is 9.62. The highest BCUT2D eigenvalue weighted by molar-refractivity contribution is 7.14. The van der Waals surface area contributed by atoms with Crippen LogP contribution in [0.25, 0.3) is 0 Å². The van der Waals surface area contributed by atoms with E-state index in [2.05, 4.69) is 16.9 Å². The number of carbonyl (C=O) groups excluding carboxylic acids is 1. The zero-order valence-electron chi connectivity index (χ0n) is 7.54. The first-order chi connectivity index (χ1) is 6.24. The molecule has 13 heavy (non-hydrogen) atoms. The zero-order valence-corrected chi connectivity index (χ0v) is 8.36. The van der Waals surface area contributed by atoms with Crippen LogP contribution in [0.3, 0.4) is 0 Å². The van der Waals surface area contributed by atoms with E-state index in [1.807, 2.05) is 6.92 Å². The van der Waals surface area contributed by atoms with Gasteiger partial charge in [0.15, 0.2) is 0 Å². The highest BCUT2D eigenvalue weighted by Gasteiger charge is 2.04. The summed E-state index contributed by atoms with van der Waals surface area (Å²) in [5.41, 5.74) is 2.59. The van der Waals surface area contributed by atoms with E-state index >= 15 is 0 Å². The minimum Gasteiger partial charge on any atom is -0.316 e. The van der Waals surface area contributed by atoms with Gasteiger partial charge in [-0.2, -0.15) is 0 Å². The van der Waals surface area contributed by atoms with Crippen molar-refractivity contribution in [1.29, 1.82) is 0 Å². The largest absolute Gasteiger partial charge is 0.316 e. The third kappa shape index (κ3) is 2.99. The van der Waals surface area contributed by atoms with Gasteiger partial charge in [0.1, 0.15) is 5.00 Å². The summed E-state index contributed by atoms with van der Waals surface area (Å²) >= 11 is 1.44. The Bertz CT molecular complexity index is 306. The molecule has 0 aliphatic heterocycles. The molecule has 1 aromatic rings. The fourth-order valence-corrected chi connectivity index (χ4v) is 1.56. The molecule has 0 aliphatic carbocycles. The van der Waals surface area contributed by atoms with Gasteiger partial charge in [-0.05, 0) is 13.3 Å². The standard InChI is InChI=1S/C9H12N2OS/c1-3-4-5-8(12)11-9-7(2)10-6-13-9/h3,6H,1,4-5H2,2H3,(H,11,12). The van der Waals surface area contributed by atoms with E-state index in [1.54, 1.807) is 11.6 Å². The second-order valence-corrected chi connectivity index (χ2v) is 3.50. The summed E-state index contributed by atoms with van der Waals surface area (Å²) in [6.07, 6.45) is 2.93. The molecule has 4 heteroatoms. The fraction of sp³-hybridized carbons (Fsp3) is 0.333. The number of nitrogens with one attached hydrogen (secondary N) is 1. The second kappa shape index (κ2) is 4.77. The summed E-state index contributed by atoms with van der Waals surface area (Å²) in [7, 11) is 0. The third-order valence-electron chi connectivity index (χ3n) is 1.57. The molecular weight excluding hydrogens is 184 g/mol. The van der Waals surface area contributed by atoms with Crippen LogP contribution in [0.5, 0.6) is 0 Å². The van der Waals surface area contributed by atoms with Crippen molar-refractivity contribution < 1.29 is 4.79 Å². The maximum absolute atomic E-state index is 11.2. The lowest BCUT2D eigenvalue weighted by molar-refractivity contribution is -0.116. The van der Waals surface area contributed by atoms with Gasteiger partial charge in [-0.25, -0.2) is 4.98 Å². The van der Waals surface area contributed by atoms with E-state index in [0.29, 0.717) is 12.8 Å². The van der Waals surface area contributed by atoms with Crippen molar-refractivity contribution in [1.82, 2.24) is 4.98 Å². The number of nitrogens with zero attached hydrogens (tertiary/aromatic N) is 1. The molecule has 1 heterocycles. The van der Waals surface area contributed by atoms with Crippen LogP contribution in [0.15, 0.2) is 18.2 Å². The van der Waals surface area contributed by atoms with Crippen LogP contribution in [0.2, 0.25) is 0 Å². The van der Waals surface area contributed by atoms with Crippen LogP contribution in [0.4, 0.5) is 5.00 Å². The molecule has 1 amide bonds. The van der Waals surface area contributed by atoms with Crippen molar-refractivity contribution >= 4 is 22.2 Å². The highest BCUT2D eigenvalue weighted by atomic mass is 32.1. The van der Waals surface area contributed by atoms with Crippen LogP contribution in [0, 0.1) is 6.92 Å². The minimum absolute atomic E-state index is 0.0206. The number of thiazole rings is 1. The number of hydrogen-bond acceptors (Lipinski definition) is 3. The van der Waals surface area contributed by atoms with Crippen LogP contribution in [0.1, 0.15) is 18.5 Å². The summed E-state index contributed by atoms with van der Waals surface area (Å²) in [6.45, 7) is 5.43. The molecule has 0 aliphatic rings. The molecule has 3 nitrogen and oxygen atoms in total. The lowest BCUT2D eigenvalue weighted by atomic mass is 10.3. The molecule has 0 spiro atoms. The third-order valence-corrected chi connectivity index (χ3v) is 2.42. The fourth-order valence-electron chi connectivity index (χ4n) is 0.844. The number of aromatic nitrogens is 1. The summed E-state index contributed by atoms with van der Waals surface area (Å²) in [4.78, 5) is 15.3. The molecule has 1 rings (SSSR count). The molecule has 0 fully saturated rings. The van der Waals surface area contributed by atoms with Crippen LogP contribution in [-0.4, -0.2) is 10.9 Å². The topological polar surface area (TPSA) is 42.0 Å². The molecule has 0 radical (unpaired) electrons. The Balaban J connectivity index is 2.45. The molecule has 0 bridgehead atoms. The summed E-state index contributed by atoms with van der Waals surface area (Å²) in [5, 5.41) is 3.64. The predicted octanol–water partition coefficient (Wildman–Crippen LogP) is 2.36. The van der Waals surface area contributed by atoms with Crippen LogP contribution >= 0.6 is 11.3 Å². The number of amides is 1. The average Bonchev–Trinajstić information content (AvgIpc) is 2.48. The molecular formula is C9H12N2OS. The molecule has 0 unspecified atom stereocenters. The molecule has 0 aromatic carbocycles. The first kappa shape index (κ1) is 9.92. The first-order valence-electron chi connectivity index (χ1n) is 4.05. The second-order valence-electron chi connectivity index (χ2n) is 2.64. The van der Waals surface area contributed by atoms with Crippen molar-refractivity contribution in [3.8, 4) is 0 Å². The summed E-state index contributed by atoms with van der Waals surface area (Å²) in [6, 6.07) is 0. The molecule has 0 saturated carbocycles. The number of hydrogen-bond donors (Lipinski definition) is 1. The molecule has 70 valence electrons. The van der Waals surface area contributed by atoms with Gasteiger partial charge in [-0.15, -0.1) is 17.9 Å². The quantitative estimate of drug-likeness (QED) is 0.751. The highest BCUT2D eigenvalue weighted by Crippen LogP contribution is 2.18. The van der Waals surface area contributed by atoms with Crippen molar-refractivity contribution in [3.05, 3.63) is 23.9 Å². The van der Waals surface area contributed by atoms with E-state index in [9.17, 15) is 4.79 Å². The van der Waals surface area contributed by atoms with E-state index in [-0.39, 0.29) is 5.91 Å². The van der Waals surface area contributed by atoms with E-state index in [0.717, 1.165) is 10.7 Å². The predicted molar refractivity (Wildman–Crippen MR) is 54.9 cm³/mol. The molecule has 1 N–H and O–H groups in total. The van der Waals surface area contributed by atoms with Crippen LogP contribution in [-0.2, 0) is 4.79 Å². The number of aryl methyl sites for hydroxylation is 1. The Morgan fingerprint density at radius 3 is 3.15 bits per heavy atom. The Morgan fingerprint density at radius 1 is 1.85 bits per heavy atom. The van der Waals surface area contributed by atoms with Crippen molar-refractivity contribution in [2.45, 2.75) is 19.8 Å². The van der Waals surface area contributed by atoms with Gasteiger partial charge in [0.05, 0.1) is 11.2 Å². The first-order valence-corrected chi connectivity index (χ1v) is 4.93. The van der Waals surface area contributed by atoms with Crippen molar-refractivity contribution in [3.63, 3.8) is 0 Å². The van der Waals surface area contributed by atoms with E-state index in [1.165, 1.54) is 11.3 Å². The maximum atomic E-state index is 11.2. The number of anilines is 1. The molecule has 0 saturated heterocycles. The summed E-state index contributed by atoms with van der Waals surface area (Å²) in [5.74, 6) is 0.0206. The lowest BCUT2D eigenvalue weighted by Gasteiger charge is -2.00. The number of rotatable bonds is 4. The summed E-state index contributed by atoms with van der Waals surface area (Å²) < 4.78 is 0. The van der Waals surface area contributed by atoms with Crippen molar-refractivity contribution in [2.24, 2.45) is 0 Å². The van der Waals surface area contributed by atoms with E-state index < -0.39 is 0 Å². The van der Waals surface area contributed by atoms with Crippen LogP contribution < -0.4 is 5.32 Å². The average molecular weight is 196 g/mol. The van der Waals surface area contributed by atoms with Gasteiger partial charge in [0.25, 0.3) is 0 Å². The Kier molecular flexibility index (Phi) is 3.64.